The third-order valence-corrected chi connectivity index (χ3v) is 3.24. The summed E-state index contributed by atoms with van der Waals surface area (Å²) in [6.45, 7) is 9.12. The van der Waals surface area contributed by atoms with Gasteiger partial charge >= 0.3 is 5.97 Å². The fourth-order valence-corrected chi connectivity index (χ4v) is 1.52. The number of esters is 1. The van der Waals surface area contributed by atoms with Gasteiger partial charge in [-0.1, -0.05) is 13.8 Å². The Morgan fingerprint density at radius 3 is 2.45 bits per heavy atom. The van der Waals surface area contributed by atoms with Crippen LogP contribution in [0.3, 0.4) is 0 Å². The minimum atomic E-state index is -1.10. The molecule has 1 N–H and O–H groups in total. The molecule has 0 aliphatic rings. The monoisotopic (exact) mass is 279 g/mol. The Hall–Kier alpha value is -1.98. The molecule has 20 heavy (non-hydrogen) atoms. The Kier molecular flexibility index (Phi) is 5.19. The van der Waals surface area contributed by atoms with E-state index in [0.717, 1.165) is 5.69 Å². The molecule has 1 rings (SSSR count). The lowest BCUT2D eigenvalue weighted by atomic mass is 9.88. The van der Waals surface area contributed by atoms with Gasteiger partial charge in [0, 0.05) is 6.20 Å². The van der Waals surface area contributed by atoms with Crippen LogP contribution in [0.5, 0.6) is 0 Å². The van der Waals surface area contributed by atoms with Crippen LogP contribution >= 0.6 is 0 Å². The number of hydrogen-bond acceptors (Lipinski definition) is 5. The van der Waals surface area contributed by atoms with E-state index in [4.69, 9.17) is 4.74 Å². The van der Waals surface area contributed by atoms with Crippen LogP contribution in [0.25, 0.3) is 0 Å². The molecular formula is C14H21N3O3. The van der Waals surface area contributed by atoms with E-state index in [2.05, 4.69) is 15.3 Å². The molecule has 1 aromatic rings. The summed E-state index contributed by atoms with van der Waals surface area (Å²) in [4.78, 5) is 32.2. The van der Waals surface area contributed by atoms with E-state index in [1.165, 1.54) is 12.4 Å². The second-order valence-corrected chi connectivity index (χ2v) is 5.07. The molecule has 0 radical (unpaired) electrons. The third-order valence-electron chi connectivity index (χ3n) is 3.24. The van der Waals surface area contributed by atoms with Crippen LogP contribution in [0.15, 0.2) is 12.4 Å². The average molecular weight is 279 g/mol. The maximum Gasteiger partial charge on any atom is 0.331 e. The zero-order valence-corrected chi connectivity index (χ0v) is 12.6. The molecule has 1 aromatic heterocycles. The maximum atomic E-state index is 12.2. The van der Waals surface area contributed by atoms with Crippen LogP contribution in [0.1, 0.15) is 43.9 Å². The highest BCUT2D eigenvalue weighted by atomic mass is 16.5. The van der Waals surface area contributed by atoms with E-state index >= 15 is 0 Å². The number of carbonyl (C=O) groups is 2. The lowest BCUT2D eigenvalue weighted by Gasteiger charge is -2.31. The third kappa shape index (κ3) is 3.53. The van der Waals surface area contributed by atoms with E-state index in [1.54, 1.807) is 20.8 Å². The summed E-state index contributed by atoms with van der Waals surface area (Å²) in [6, 6.07) is 0. The van der Waals surface area contributed by atoms with Crippen molar-refractivity contribution in [2.45, 2.75) is 40.2 Å². The zero-order valence-electron chi connectivity index (χ0n) is 12.6. The summed E-state index contributed by atoms with van der Waals surface area (Å²) in [7, 11) is 0. The van der Waals surface area contributed by atoms with E-state index in [9.17, 15) is 9.59 Å². The highest BCUT2D eigenvalue weighted by Crippen LogP contribution is 2.19. The number of aromatic nitrogens is 2. The fourth-order valence-electron chi connectivity index (χ4n) is 1.52. The van der Waals surface area contributed by atoms with Crippen LogP contribution in [0.4, 0.5) is 0 Å². The number of nitrogens with zero attached hydrogens (tertiary/aromatic N) is 2. The summed E-state index contributed by atoms with van der Waals surface area (Å²) in [5.74, 6) is -1.02. The van der Waals surface area contributed by atoms with Gasteiger partial charge in [0.1, 0.15) is 11.2 Å². The Bertz CT molecular complexity index is 485. The predicted octanol–water partition coefficient (Wildman–Crippen LogP) is 1.49. The molecular weight excluding hydrogens is 258 g/mol. The van der Waals surface area contributed by atoms with Gasteiger partial charge in [-0.3, -0.25) is 9.78 Å². The van der Waals surface area contributed by atoms with Gasteiger partial charge in [0.15, 0.2) is 0 Å². The second-order valence-electron chi connectivity index (χ2n) is 5.07. The molecule has 0 aliphatic carbocycles. The molecule has 0 bridgehead atoms. The zero-order chi connectivity index (χ0) is 15.3. The van der Waals surface area contributed by atoms with Crippen LogP contribution in [-0.2, 0) is 9.53 Å². The second kappa shape index (κ2) is 6.45. The fraction of sp³-hybridized carbons (Fsp3) is 0.571. The number of nitrogens with one attached hydrogen (secondary N) is 1. The van der Waals surface area contributed by atoms with Crippen molar-refractivity contribution in [2.75, 3.05) is 6.61 Å². The standard InChI is InChI=1S/C14H21N3O3/c1-6-20-13(19)14(5,9(2)3)17-12(18)11-8-15-10(4)7-16-11/h7-9H,6H2,1-5H3,(H,17,18)/t14-/m1/s1. The van der Waals surface area contributed by atoms with Gasteiger partial charge in [-0.15, -0.1) is 0 Å². The van der Waals surface area contributed by atoms with Crippen LogP contribution in [0.2, 0.25) is 0 Å². The molecule has 0 fully saturated rings. The number of amides is 1. The van der Waals surface area contributed by atoms with Crippen molar-refractivity contribution < 1.29 is 14.3 Å². The molecule has 110 valence electrons. The Balaban J connectivity index is 2.93. The SMILES string of the molecule is CCOC(=O)[C@](C)(NC(=O)c1cnc(C)cn1)C(C)C. The lowest BCUT2D eigenvalue weighted by molar-refractivity contribution is -0.152. The first-order valence-corrected chi connectivity index (χ1v) is 6.59. The highest BCUT2D eigenvalue weighted by Gasteiger charge is 2.40. The van der Waals surface area contributed by atoms with E-state index < -0.39 is 17.4 Å². The quantitative estimate of drug-likeness (QED) is 0.826. The number of ether oxygens (including phenoxy) is 1. The minimum absolute atomic E-state index is 0.121. The van der Waals surface area contributed by atoms with Gasteiger partial charge in [0.25, 0.3) is 5.91 Å². The lowest BCUT2D eigenvalue weighted by Crippen LogP contribution is -2.56. The maximum absolute atomic E-state index is 12.2. The van der Waals surface area contributed by atoms with E-state index in [1.807, 2.05) is 13.8 Å². The molecule has 0 aromatic carbocycles. The van der Waals surface area contributed by atoms with Crippen molar-refractivity contribution in [1.29, 1.82) is 0 Å². The van der Waals surface area contributed by atoms with E-state index in [0.29, 0.717) is 0 Å². The topological polar surface area (TPSA) is 81.2 Å². The molecule has 0 saturated heterocycles. The van der Waals surface area contributed by atoms with Gasteiger partial charge in [0.2, 0.25) is 0 Å². The van der Waals surface area contributed by atoms with Crippen LogP contribution in [0, 0.1) is 12.8 Å². The van der Waals surface area contributed by atoms with E-state index in [-0.39, 0.29) is 18.2 Å². The van der Waals surface area contributed by atoms with Gasteiger partial charge < -0.3 is 10.1 Å². The summed E-state index contributed by atoms with van der Waals surface area (Å²) < 4.78 is 5.03. The number of carbonyl (C=O) groups excluding carboxylic acids is 2. The number of rotatable bonds is 5. The molecule has 1 heterocycles. The molecule has 1 amide bonds. The first-order chi connectivity index (χ1) is 9.31. The van der Waals surface area contributed by atoms with Gasteiger partial charge in [-0.05, 0) is 26.7 Å². The Morgan fingerprint density at radius 2 is 2.00 bits per heavy atom. The normalized spacial score (nSPS) is 13.7. The molecule has 0 aliphatic heterocycles. The highest BCUT2D eigenvalue weighted by molar-refractivity contribution is 5.96. The predicted molar refractivity (Wildman–Crippen MR) is 74.1 cm³/mol. The first-order valence-electron chi connectivity index (χ1n) is 6.59. The summed E-state index contributed by atoms with van der Waals surface area (Å²) >= 11 is 0. The molecule has 0 saturated carbocycles. The number of hydrogen-bond donors (Lipinski definition) is 1. The molecule has 6 heteroatoms. The van der Waals surface area contributed by atoms with Crippen molar-refractivity contribution >= 4 is 11.9 Å². The Labute approximate surface area is 119 Å². The smallest absolute Gasteiger partial charge is 0.331 e. The number of aryl methyl sites for hydroxylation is 1. The van der Waals surface area contributed by atoms with Crippen molar-refractivity contribution in [3.63, 3.8) is 0 Å². The molecule has 0 spiro atoms. The van der Waals surface area contributed by atoms with Crippen molar-refractivity contribution in [3.8, 4) is 0 Å². The Morgan fingerprint density at radius 1 is 1.35 bits per heavy atom. The largest absolute Gasteiger partial charge is 0.464 e. The molecule has 0 unspecified atom stereocenters. The summed E-state index contributed by atoms with van der Waals surface area (Å²) in [5.41, 5.74) is -0.204. The minimum Gasteiger partial charge on any atom is -0.464 e. The van der Waals surface area contributed by atoms with Crippen molar-refractivity contribution in [3.05, 3.63) is 23.8 Å². The average Bonchev–Trinajstić information content (AvgIpc) is 2.39. The van der Waals surface area contributed by atoms with Crippen molar-refractivity contribution in [1.82, 2.24) is 15.3 Å². The summed E-state index contributed by atoms with van der Waals surface area (Å²) in [5, 5.41) is 2.70. The molecule has 6 nitrogen and oxygen atoms in total. The van der Waals surface area contributed by atoms with Crippen molar-refractivity contribution in [2.24, 2.45) is 5.92 Å². The van der Waals surface area contributed by atoms with Crippen LogP contribution < -0.4 is 5.32 Å². The van der Waals surface area contributed by atoms with Gasteiger partial charge in [-0.25, -0.2) is 9.78 Å². The van der Waals surface area contributed by atoms with Gasteiger partial charge in [0.05, 0.1) is 18.5 Å². The first kappa shape index (κ1) is 16.1. The van der Waals surface area contributed by atoms with Gasteiger partial charge in [-0.2, -0.15) is 0 Å². The molecule has 1 atom stereocenters. The van der Waals surface area contributed by atoms with Crippen LogP contribution in [-0.4, -0.2) is 34.0 Å². The summed E-state index contributed by atoms with van der Waals surface area (Å²) in [6.07, 6.45) is 2.89.